The van der Waals surface area contributed by atoms with E-state index in [1.807, 2.05) is 32.0 Å². The third-order valence-corrected chi connectivity index (χ3v) is 5.39. The molecule has 0 spiro atoms. The molecule has 0 bridgehead atoms. The fourth-order valence-corrected chi connectivity index (χ4v) is 3.92. The van der Waals surface area contributed by atoms with Crippen LogP contribution in [-0.2, 0) is 16.1 Å². The summed E-state index contributed by atoms with van der Waals surface area (Å²) in [5.41, 5.74) is 1.11. The number of ketones is 1. The van der Waals surface area contributed by atoms with E-state index in [1.165, 1.54) is 11.2 Å². The fourth-order valence-electron chi connectivity index (χ4n) is 3.92. The van der Waals surface area contributed by atoms with Gasteiger partial charge in [0.1, 0.15) is 29.1 Å². The van der Waals surface area contributed by atoms with Crippen molar-refractivity contribution < 1.29 is 28.6 Å². The zero-order chi connectivity index (χ0) is 23.5. The van der Waals surface area contributed by atoms with E-state index >= 15 is 0 Å². The lowest BCUT2D eigenvalue weighted by Gasteiger charge is -2.24. The van der Waals surface area contributed by atoms with Crippen molar-refractivity contribution in [3.05, 3.63) is 89.4 Å². The van der Waals surface area contributed by atoms with Crippen molar-refractivity contribution in [3.63, 3.8) is 0 Å². The smallest absolute Gasteiger partial charge is 0.296 e. The van der Waals surface area contributed by atoms with E-state index in [2.05, 4.69) is 0 Å². The number of amides is 1. The minimum absolute atomic E-state index is 0.00343. The maximum Gasteiger partial charge on any atom is 0.296 e. The Kier molecular flexibility index (Phi) is 6.22. The molecule has 170 valence electrons. The lowest BCUT2D eigenvalue weighted by Crippen LogP contribution is -2.29. The van der Waals surface area contributed by atoms with Gasteiger partial charge in [-0.3, -0.25) is 9.59 Å². The summed E-state index contributed by atoms with van der Waals surface area (Å²) in [6, 6.07) is 16.5. The molecule has 4 rings (SSSR count). The second-order valence-corrected chi connectivity index (χ2v) is 7.95. The lowest BCUT2D eigenvalue weighted by molar-refractivity contribution is -0.140. The Hall–Kier alpha value is -4.00. The van der Waals surface area contributed by atoms with Crippen molar-refractivity contribution in [2.45, 2.75) is 32.5 Å². The molecular weight excluding hydrogens is 422 g/mol. The van der Waals surface area contributed by atoms with Crippen LogP contribution in [0, 0.1) is 0 Å². The number of likely N-dealkylation sites (tertiary alicyclic amines) is 1. The Bertz CT molecular complexity index is 1180. The van der Waals surface area contributed by atoms with Crippen LogP contribution in [0.25, 0.3) is 5.76 Å². The molecule has 7 nitrogen and oxygen atoms in total. The van der Waals surface area contributed by atoms with Gasteiger partial charge in [0.05, 0.1) is 31.6 Å². The average Bonchev–Trinajstić information content (AvgIpc) is 3.42. The summed E-state index contributed by atoms with van der Waals surface area (Å²) in [4.78, 5) is 27.5. The van der Waals surface area contributed by atoms with Gasteiger partial charge in [-0.2, -0.15) is 0 Å². The highest BCUT2D eigenvalue weighted by Gasteiger charge is 2.47. The van der Waals surface area contributed by atoms with Gasteiger partial charge >= 0.3 is 0 Å². The molecule has 3 aromatic rings. The van der Waals surface area contributed by atoms with Crippen LogP contribution in [0.15, 0.2) is 76.9 Å². The van der Waals surface area contributed by atoms with E-state index in [1.54, 1.807) is 49.6 Å². The molecule has 1 aliphatic heterocycles. The van der Waals surface area contributed by atoms with Crippen LogP contribution < -0.4 is 9.47 Å². The Balaban J connectivity index is 1.77. The van der Waals surface area contributed by atoms with Crippen LogP contribution in [0.1, 0.15) is 36.8 Å². The topological polar surface area (TPSA) is 89.2 Å². The van der Waals surface area contributed by atoms with Crippen LogP contribution in [0.4, 0.5) is 0 Å². The Morgan fingerprint density at radius 2 is 1.79 bits per heavy atom. The van der Waals surface area contributed by atoms with Gasteiger partial charge in [0, 0.05) is 11.1 Å². The fraction of sp³-hybridized carbons (Fsp3) is 0.231. The number of aliphatic hydroxyl groups excluding tert-OH is 1. The monoisotopic (exact) mass is 447 g/mol. The van der Waals surface area contributed by atoms with Crippen molar-refractivity contribution in [2.75, 3.05) is 7.11 Å². The van der Waals surface area contributed by atoms with Crippen molar-refractivity contribution in [1.29, 1.82) is 0 Å². The molecular formula is C26H25NO6. The van der Waals surface area contributed by atoms with Gasteiger partial charge in [-0.15, -0.1) is 0 Å². The van der Waals surface area contributed by atoms with Crippen molar-refractivity contribution in [3.8, 4) is 11.5 Å². The third kappa shape index (κ3) is 4.35. The quantitative estimate of drug-likeness (QED) is 0.321. The molecule has 1 aliphatic rings. The molecule has 1 fully saturated rings. The number of ether oxygens (including phenoxy) is 2. The summed E-state index contributed by atoms with van der Waals surface area (Å²) >= 11 is 0. The first-order chi connectivity index (χ1) is 15.9. The molecule has 33 heavy (non-hydrogen) atoms. The van der Waals surface area contributed by atoms with E-state index in [9.17, 15) is 14.7 Å². The predicted octanol–water partition coefficient (Wildman–Crippen LogP) is 4.70. The normalized spacial score (nSPS) is 17.6. The standard InChI is InChI=1S/C26H25NO6/c1-16(2)33-19-12-10-17(11-13-19)24(28)22-23(21-9-6-14-32-21)27(26(30)25(22)29)15-18-7-4-5-8-20(18)31-3/h4-14,16,23,28H,15H2,1-3H3/b24-22-. The van der Waals surface area contributed by atoms with E-state index in [0.717, 1.165) is 5.56 Å². The first-order valence-corrected chi connectivity index (χ1v) is 10.6. The molecule has 0 aliphatic carbocycles. The van der Waals surface area contributed by atoms with E-state index in [-0.39, 0.29) is 24.0 Å². The minimum atomic E-state index is -0.878. The van der Waals surface area contributed by atoms with Crippen molar-refractivity contribution >= 4 is 17.4 Å². The van der Waals surface area contributed by atoms with Gasteiger partial charge in [-0.05, 0) is 56.3 Å². The largest absolute Gasteiger partial charge is 0.507 e. The SMILES string of the molecule is COc1ccccc1CN1C(=O)C(=O)/C(=C(\O)c2ccc(OC(C)C)cc2)C1c1ccco1. The summed E-state index contributed by atoms with van der Waals surface area (Å²) in [5, 5.41) is 11.1. The molecule has 1 N–H and O–H groups in total. The number of carbonyl (C=O) groups excluding carboxylic acids is 2. The first kappa shape index (κ1) is 22.2. The molecule has 1 saturated heterocycles. The summed E-state index contributed by atoms with van der Waals surface area (Å²) < 4.78 is 16.6. The molecule has 2 heterocycles. The summed E-state index contributed by atoms with van der Waals surface area (Å²) in [5.74, 6) is -0.146. The molecule has 0 radical (unpaired) electrons. The van der Waals surface area contributed by atoms with Crippen molar-refractivity contribution in [1.82, 2.24) is 4.90 Å². The molecule has 0 saturated carbocycles. The molecule has 1 unspecified atom stereocenters. The van der Waals surface area contributed by atoms with Gasteiger partial charge in [-0.25, -0.2) is 0 Å². The number of benzene rings is 2. The molecule has 1 aromatic heterocycles. The molecule has 2 aromatic carbocycles. The summed E-state index contributed by atoms with van der Waals surface area (Å²) in [7, 11) is 1.55. The Morgan fingerprint density at radius 3 is 2.42 bits per heavy atom. The van der Waals surface area contributed by atoms with Gasteiger partial charge in [0.15, 0.2) is 0 Å². The number of Topliss-reactive ketones (excluding diaryl/α,β-unsaturated/α-hetero) is 1. The Labute approximate surface area is 191 Å². The van der Waals surface area contributed by atoms with E-state index in [4.69, 9.17) is 13.9 Å². The Morgan fingerprint density at radius 1 is 1.06 bits per heavy atom. The minimum Gasteiger partial charge on any atom is -0.507 e. The zero-order valence-corrected chi connectivity index (χ0v) is 18.6. The second-order valence-electron chi connectivity index (χ2n) is 7.95. The highest BCUT2D eigenvalue weighted by atomic mass is 16.5. The highest BCUT2D eigenvalue weighted by Crippen LogP contribution is 2.41. The number of aliphatic hydroxyl groups is 1. The first-order valence-electron chi connectivity index (χ1n) is 10.6. The number of rotatable bonds is 7. The predicted molar refractivity (Wildman–Crippen MR) is 122 cm³/mol. The number of nitrogens with zero attached hydrogens (tertiary/aromatic N) is 1. The average molecular weight is 447 g/mol. The third-order valence-electron chi connectivity index (χ3n) is 5.39. The van der Waals surface area contributed by atoms with Gasteiger partial charge in [-0.1, -0.05) is 18.2 Å². The lowest BCUT2D eigenvalue weighted by atomic mass is 9.99. The van der Waals surface area contributed by atoms with Crippen molar-refractivity contribution in [2.24, 2.45) is 0 Å². The van der Waals surface area contributed by atoms with E-state index < -0.39 is 17.7 Å². The number of methoxy groups -OCH3 is 1. The summed E-state index contributed by atoms with van der Waals surface area (Å²) in [6.07, 6.45) is 1.47. The number of para-hydroxylation sites is 1. The molecule has 7 heteroatoms. The maximum atomic E-state index is 13.1. The zero-order valence-electron chi connectivity index (χ0n) is 18.6. The summed E-state index contributed by atoms with van der Waals surface area (Å²) in [6.45, 7) is 3.94. The number of furan rings is 1. The number of carbonyl (C=O) groups is 2. The van der Waals surface area contributed by atoms with Crippen LogP contribution in [-0.4, -0.2) is 34.9 Å². The van der Waals surface area contributed by atoms with Crippen LogP contribution in [0.3, 0.4) is 0 Å². The molecule has 1 atom stereocenters. The van der Waals surface area contributed by atoms with Crippen LogP contribution >= 0.6 is 0 Å². The van der Waals surface area contributed by atoms with Gasteiger partial charge < -0.3 is 23.9 Å². The maximum absolute atomic E-state index is 13.1. The number of hydrogen-bond donors (Lipinski definition) is 1. The van der Waals surface area contributed by atoms with Gasteiger partial charge in [0.2, 0.25) is 0 Å². The van der Waals surface area contributed by atoms with Crippen LogP contribution in [0.2, 0.25) is 0 Å². The second kappa shape index (κ2) is 9.24. The highest BCUT2D eigenvalue weighted by molar-refractivity contribution is 6.46. The number of hydrogen-bond acceptors (Lipinski definition) is 6. The van der Waals surface area contributed by atoms with Crippen LogP contribution in [0.5, 0.6) is 11.5 Å². The molecule has 1 amide bonds. The van der Waals surface area contributed by atoms with Gasteiger partial charge in [0.25, 0.3) is 11.7 Å². The van der Waals surface area contributed by atoms with E-state index in [0.29, 0.717) is 22.8 Å².